The van der Waals surface area contributed by atoms with Crippen molar-refractivity contribution in [3.05, 3.63) is 83.2 Å². The van der Waals surface area contributed by atoms with Crippen LogP contribution in [0.15, 0.2) is 65.9 Å². The summed E-state index contributed by atoms with van der Waals surface area (Å²) >= 11 is 0. The topological polar surface area (TPSA) is 96.1 Å². The lowest BCUT2D eigenvalue weighted by Gasteiger charge is -2.16. The third kappa shape index (κ3) is 4.14. The highest BCUT2D eigenvalue weighted by molar-refractivity contribution is 5.77. The molecule has 0 spiro atoms. The van der Waals surface area contributed by atoms with Gasteiger partial charge in [0.05, 0.1) is 17.2 Å². The molecule has 0 bridgehead atoms. The molecular formula is C26H20N6O. The first kappa shape index (κ1) is 20.3. The predicted molar refractivity (Wildman–Crippen MR) is 128 cm³/mol. The van der Waals surface area contributed by atoms with E-state index in [2.05, 4.69) is 43.5 Å². The highest BCUT2D eigenvalue weighted by Gasteiger charge is 2.20. The van der Waals surface area contributed by atoms with E-state index >= 15 is 0 Å². The number of benzene rings is 2. The smallest absolute Gasteiger partial charge is 0.232 e. The second kappa shape index (κ2) is 8.52. The van der Waals surface area contributed by atoms with Gasteiger partial charge in [-0.3, -0.25) is 4.98 Å². The molecule has 0 saturated carbocycles. The minimum atomic E-state index is 0.385. The van der Waals surface area contributed by atoms with Gasteiger partial charge in [-0.1, -0.05) is 0 Å². The zero-order chi connectivity index (χ0) is 22.8. The van der Waals surface area contributed by atoms with Crippen molar-refractivity contribution in [1.82, 2.24) is 15.0 Å². The van der Waals surface area contributed by atoms with Crippen LogP contribution in [-0.4, -0.2) is 21.2 Å². The number of nitrogens with one attached hydrogen (secondary N) is 1. The van der Waals surface area contributed by atoms with E-state index in [-0.39, 0.29) is 0 Å². The van der Waals surface area contributed by atoms with Crippen molar-refractivity contribution in [1.29, 1.82) is 5.26 Å². The second-order valence-electron chi connectivity index (χ2n) is 7.76. The maximum atomic E-state index is 9.00. The molecule has 0 unspecified atom stereocenters. The summed E-state index contributed by atoms with van der Waals surface area (Å²) in [5.74, 6) is 2.23. The number of hydrogen-bond acceptors (Lipinski definition) is 7. The lowest BCUT2D eigenvalue weighted by Crippen LogP contribution is -2.03. The van der Waals surface area contributed by atoms with Crippen LogP contribution >= 0.6 is 0 Å². The second-order valence-corrected chi connectivity index (χ2v) is 7.76. The van der Waals surface area contributed by atoms with E-state index < -0.39 is 0 Å². The number of pyridine rings is 1. The number of fused-ring (bicyclic) bond motifs is 1. The Balaban J connectivity index is 1.48. The Hall–Kier alpha value is -4.57. The molecule has 1 N–H and O–H groups in total. The highest BCUT2D eigenvalue weighted by Crippen LogP contribution is 2.37. The Morgan fingerprint density at radius 1 is 0.939 bits per heavy atom. The molecule has 5 rings (SSSR count). The van der Waals surface area contributed by atoms with E-state index in [0.717, 1.165) is 39.3 Å². The molecule has 7 heteroatoms. The van der Waals surface area contributed by atoms with E-state index in [4.69, 9.17) is 10.00 Å². The molecule has 0 radical (unpaired) electrons. The Labute approximate surface area is 191 Å². The Bertz CT molecular complexity index is 1380. The number of hydrogen-bond donors (Lipinski definition) is 1. The third-order valence-corrected chi connectivity index (χ3v) is 5.40. The first-order chi connectivity index (χ1) is 16.1. The van der Waals surface area contributed by atoms with Gasteiger partial charge in [-0.25, -0.2) is 4.99 Å². The number of aryl methyl sites for hydroxylation is 2. The van der Waals surface area contributed by atoms with Crippen LogP contribution in [0, 0.1) is 25.2 Å². The van der Waals surface area contributed by atoms with Gasteiger partial charge in [0.2, 0.25) is 11.8 Å². The fourth-order valence-corrected chi connectivity index (χ4v) is 3.78. The molecule has 33 heavy (non-hydrogen) atoms. The zero-order valence-electron chi connectivity index (χ0n) is 18.2. The molecular weight excluding hydrogens is 412 g/mol. The summed E-state index contributed by atoms with van der Waals surface area (Å²) in [6.07, 6.45) is 6.01. The molecule has 3 heterocycles. The molecule has 4 aromatic rings. The average Bonchev–Trinajstić information content (AvgIpc) is 3.31. The van der Waals surface area contributed by atoms with Gasteiger partial charge >= 0.3 is 0 Å². The zero-order valence-corrected chi connectivity index (χ0v) is 18.2. The molecule has 160 valence electrons. The van der Waals surface area contributed by atoms with Gasteiger partial charge in [-0.2, -0.15) is 15.2 Å². The van der Waals surface area contributed by atoms with Crippen molar-refractivity contribution < 1.29 is 4.74 Å². The largest absolute Gasteiger partial charge is 0.438 e. The Morgan fingerprint density at radius 2 is 1.67 bits per heavy atom. The molecule has 2 aromatic heterocycles. The number of aliphatic imine (C=N–C) groups is 1. The summed E-state index contributed by atoms with van der Waals surface area (Å²) in [7, 11) is 0. The Kier molecular flexibility index (Phi) is 5.25. The van der Waals surface area contributed by atoms with Crippen molar-refractivity contribution in [2.24, 2.45) is 4.99 Å². The number of anilines is 2. The first-order valence-corrected chi connectivity index (χ1v) is 10.5. The molecule has 1 aliphatic heterocycles. The van der Waals surface area contributed by atoms with Crippen LogP contribution in [0.3, 0.4) is 0 Å². The number of rotatable bonds is 5. The monoisotopic (exact) mass is 432 g/mol. The molecule has 1 aliphatic rings. The molecule has 2 aromatic carbocycles. The van der Waals surface area contributed by atoms with Crippen LogP contribution in [0.5, 0.6) is 11.6 Å². The van der Waals surface area contributed by atoms with Crippen molar-refractivity contribution in [2.45, 2.75) is 20.3 Å². The molecule has 7 nitrogen and oxygen atoms in total. The summed E-state index contributed by atoms with van der Waals surface area (Å²) in [5.41, 5.74) is 6.45. The fraction of sp³-hybridized carbons (Fsp3) is 0.115. The summed E-state index contributed by atoms with van der Waals surface area (Å²) in [6.45, 7) is 4.06. The quantitative estimate of drug-likeness (QED) is 0.427. The average molecular weight is 432 g/mol. The van der Waals surface area contributed by atoms with E-state index in [1.807, 2.05) is 44.3 Å². The SMILES string of the molecule is Cc1cc(-c2ccncc2)cc(C)c1Oc1nc(Nc2ccc(C#N)cc2)nc2c1CC=N2. The van der Waals surface area contributed by atoms with Crippen LogP contribution in [0.4, 0.5) is 17.5 Å². The van der Waals surface area contributed by atoms with E-state index in [1.165, 1.54) is 0 Å². The lowest BCUT2D eigenvalue weighted by molar-refractivity contribution is 0.451. The number of nitriles is 1. The molecule has 0 atom stereocenters. The molecule has 0 saturated heterocycles. The summed E-state index contributed by atoms with van der Waals surface area (Å²) in [5, 5.41) is 12.2. The van der Waals surface area contributed by atoms with E-state index in [9.17, 15) is 0 Å². The van der Waals surface area contributed by atoms with Gasteiger partial charge < -0.3 is 10.1 Å². The summed E-state index contributed by atoms with van der Waals surface area (Å²) in [6, 6.07) is 17.4. The van der Waals surface area contributed by atoms with Gasteiger partial charge in [0.25, 0.3) is 0 Å². The number of nitrogens with zero attached hydrogens (tertiary/aromatic N) is 5. The van der Waals surface area contributed by atoms with Crippen molar-refractivity contribution in [3.63, 3.8) is 0 Å². The summed E-state index contributed by atoms with van der Waals surface area (Å²) in [4.78, 5) is 17.6. The van der Waals surface area contributed by atoms with Gasteiger partial charge in [-0.15, -0.1) is 0 Å². The minimum absolute atomic E-state index is 0.385. The standard InChI is InChI=1S/C26H20N6O/c1-16-13-20(19-7-10-28-11-8-19)14-17(2)23(16)33-25-22-9-12-29-24(22)31-26(32-25)30-21-5-3-18(15-27)4-6-21/h3-8,10-14H,9H2,1-2H3,(H,30,31,32). The van der Waals surface area contributed by atoms with Crippen molar-refractivity contribution in [2.75, 3.05) is 5.32 Å². The van der Waals surface area contributed by atoms with Gasteiger partial charge in [0.1, 0.15) is 5.75 Å². The third-order valence-electron chi connectivity index (χ3n) is 5.40. The van der Waals surface area contributed by atoms with Crippen LogP contribution in [0.25, 0.3) is 11.1 Å². The fourth-order valence-electron chi connectivity index (χ4n) is 3.78. The van der Waals surface area contributed by atoms with Gasteiger partial charge in [-0.05, 0) is 84.6 Å². The molecule has 0 amide bonds. The predicted octanol–water partition coefficient (Wildman–Crippen LogP) is 5.82. The first-order valence-electron chi connectivity index (χ1n) is 10.5. The Morgan fingerprint density at radius 3 is 2.36 bits per heavy atom. The lowest BCUT2D eigenvalue weighted by atomic mass is 10.0. The number of ether oxygens (including phenoxy) is 1. The number of aromatic nitrogens is 3. The van der Waals surface area contributed by atoms with Crippen molar-refractivity contribution >= 4 is 23.7 Å². The highest BCUT2D eigenvalue weighted by atomic mass is 16.5. The molecule has 0 aliphatic carbocycles. The maximum Gasteiger partial charge on any atom is 0.232 e. The minimum Gasteiger partial charge on any atom is -0.438 e. The summed E-state index contributed by atoms with van der Waals surface area (Å²) < 4.78 is 6.36. The molecule has 0 fully saturated rings. The van der Waals surface area contributed by atoms with Gasteiger partial charge in [0, 0.05) is 30.7 Å². The van der Waals surface area contributed by atoms with E-state index in [0.29, 0.717) is 29.6 Å². The van der Waals surface area contributed by atoms with Crippen LogP contribution in [0.2, 0.25) is 0 Å². The van der Waals surface area contributed by atoms with Gasteiger partial charge in [0.15, 0.2) is 5.82 Å². The van der Waals surface area contributed by atoms with Crippen LogP contribution in [0.1, 0.15) is 22.3 Å². The normalized spacial score (nSPS) is 11.7. The maximum absolute atomic E-state index is 9.00. The van der Waals surface area contributed by atoms with E-state index in [1.54, 1.807) is 24.5 Å². The van der Waals surface area contributed by atoms with Crippen molar-refractivity contribution in [3.8, 4) is 28.8 Å². The van der Waals surface area contributed by atoms with Crippen LogP contribution in [-0.2, 0) is 6.42 Å². The van der Waals surface area contributed by atoms with Crippen LogP contribution < -0.4 is 10.1 Å².